The number of fused-ring (bicyclic) bond motifs is 1. The van der Waals surface area contributed by atoms with Gasteiger partial charge in [-0.2, -0.15) is 9.29 Å². The van der Waals surface area contributed by atoms with Gasteiger partial charge in [0.15, 0.2) is 0 Å². The fourth-order valence-electron chi connectivity index (χ4n) is 3.36. The highest BCUT2D eigenvalue weighted by Crippen LogP contribution is 2.23. The molecule has 1 N–H and O–H groups in total. The Morgan fingerprint density at radius 3 is 2.59 bits per heavy atom. The molecule has 1 aliphatic heterocycles. The van der Waals surface area contributed by atoms with E-state index < -0.39 is 15.9 Å². The predicted molar refractivity (Wildman–Crippen MR) is 107 cm³/mol. The largest absolute Gasteiger partial charge is 0.319 e. The normalized spacial score (nSPS) is 15.9. The fraction of sp³-hybridized carbons (Fsp3) is 0.368. The van der Waals surface area contributed by atoms with Gasteiger partial charge < -0.3 is 5.32 Å². The zero-order chi connectivity index (χ0) is 20.4. The zero-order valence-electron chi connectivity index (χ0n) is 16.1. The molecule has 3 aromatic rings. The van der Waals surface area contributed by atoms with E-state index in [1.54, 1.807) is 30.5 Å². The van der Waals surface area contributed by atoms with E-state index in [2.05, 4.69) is 20.4 Å². The number of aryl methyl sites for hydroxylation is 1. The van der Waals surface area contributed by atoms with Crippen molar-refractivity contribution < 1.29 is 13.2 Å². The number of amides is 1. The van der Waals surface area contributed by atoms with E-state index in [1.165, 1.54) is 14.9 Å². The van der Waals surface area contributed by atoms with Crippen LogP contribution in [-0.2, 0) is 10.0 Å². The fourth-order valence-corrected chi connectivity index (χ4v) is 4.92. The predicted octanol–water partition coefficient (Wildman–Crippen LogP) is 2.25. The van der Waals surface area contributed by atoms with Crippen molar-refractivity contribution in [1.29, 1.82) is 0 Å². The lowest BCUT2D eigenvalue weighted by Gasteiger charge is -2.20. The highest BCUT2D eigenvalue weighted by atomic mass is 32.2. The average molecular weight is 414 g/mol. The number of aromatic nitrogens is 4. The van der Waals surface area contributed by atoms with E-state index in [9.17, 15) is 13.2 Å². The molecule has 1 fully saturated rings. The molecule has 152 valence electrons. The monoisotopic (exact) mass is 414 g/mol. The molecule has 1 amide bonds. The van der Waals surface area contributed by atoms with Crippen molar-refractivity contribution in [2.75, 3.05) is 18.4 Å². The Hall–Kier alpha value is -2.85. The Morgan fingerprint density at radius 1 is 1.10 bits per heavy atom. The van der Waals surface area contributed by atoms with Gasteiger partial charge in [-0.05, 0) is 44.0 Å². The maximum absolute atomic E-state index is 13.0. The molecule has 9 nitrogen and oxygen atoms in total. The van der Waals surface area contributed by atoms with Gasteiger partial charge in [-0.1, -0.05) is 18.9 Å². The second-order valence-electron chi connectivity index (χ2n) is 7.03. The molecule has 29 heavy (non-hydrogen) atoms. The van der Waals surface area contributed by atoms with Crippen molar-refractivity contribution in [3.63, 3.8) is 0 Å². The van der Waals surface area contributed by atoms with Crippen LogP contribution in [0.5, 0.6) is 0 Å². The molecule has 0 saturated carbocycles. The minimum Gasteiger partial charge on any atom is -0.319 e. The summed E-state index contributed by atoms with van der Waals surface area (Å²) in [5.74, 6) is -0.237. The Balaban J connectivity index is 1.56. The molecular formula is C19H22N6O3S. The third-order valence-corrected chi connectivity index (χ3v) is 6.82. The minimum absolute atomic E-state index is 0.0346. The molecule has 4 rings (SSSR count). The van der Waals surface area contributed by atoms with Gasteiger partial charge >= 0.3 is 0 Å². The Morgan fingerprint density at radius 2 is 1.86 bits per heavy atom. The van der Waals surface area contributed by atoms with E-state index in [1.807, 2.05) is 6.92 Å². The number of nitrogens with one attached hydrogen (secondary N) is 1. The summed E-state index contributed by atoms with van der Waals surface area (Å²) in [6.45, 7) is 2.88. The molecule has 0 aliphatic carbocycles. The highest BCUT2D eigenvalue weighted by Gasteiger charge is 2.25. The van der Waals surface area contributed by atoms with Crippen molar-refractivity contribution in [2.24, 2.45) is 0 Å². The first-order valence-electron chi connectivity index (χ1n) is 9.55. The van der Waals surface area contributed by atoms with Crippen LogP contribution in [0.2, 0.25) is 0 Å². The number of sulfonamides is 1. The maximum Gasteiger partial charge on any atom is 0.295 e. The van der Waals surface area contributed by atoms with Crippen LogP contribution in [0.3, 0.4) is 0 Å². The van der Waals surface area contributed by atoms with E-state index >= 15 is 0 Å². The highest BCUT2D eigenvalue weighted by molar-refractivity contribution is 7.89. The zero-order valence-corrected chi connectivity index (χ0v) is 16.9. The number of carbonyl (C=O) groups excluding carboxylic acids is 1. The third kappa shape index (κ3) is 3.99. The van der Waals surface area contributed by atoms with Gasteiger partial charge in [-0.3, -0.25) is 4.79 Å². The van der Waals surface area contributed by atoms with Crippen molar-refractivity contribution in [3.05, 3.63) is 48.0 Å². The van der Waals surface area contributed by atoms with Crippen LogP contribution in [0.1, 0.15) is 42.0 Å². The van der Waals surface area contributed by atoms with Gasteiger partial charge in [0, 0.05) is 30.7 Å². The number of hydrogen-bond acceptors (Lipinski definition) is 6. The number of anilines is 1. The van der Waals surface area contributed by atoms with E-state index in [0.29, 0.717) is 24.6 Å². The number of carbonyl (C=O) groups is 1. The maximum atomic E-state index is 13.0. The molecule has 2 aromatic heterocycles. The summed E-state index contributed by atoms with van der Waals surface area (Å²) in [6, 6.07) is 8.03. The smallest absolute Gasteiger partial charge is 0.295 e. The van der Waals surface area contributed by atoms with Gasteiger partial charge in [0.25, 0.3) is 11.7 Å². The van der Waals surface area contributed by atoms with Gasteiger partial charge in [-0.15, -0.1) is 5.10 Å². The summed E-state index contributed by atoms with van der Waals surface area (Å²) in [5, 5.41) is 6.85. The summed E-state index contributed by atoms with van der Waals surface area (Å²) < 4.78 is 29.0. The summed E-state index contributed by atoms with van der Waals surface area (Å²) >= 11 is 0. The molecule has 1 saturated heterocycles. The molecule has 0 radical (unpaired) electrons. The molecular weight excluding hydrogens is 392 g/mol. The molecule has 0 bridgehead atoms. The second-order valence-corrected chi connectivity index (χ2v) is 8.97. The standard InChI is InChI=1S/C19H22N6O3S/c1-14-9-10-20-19-22-17(23-25(14)19)18(26)21-15-7-6-8-16(13-15)29(27,28)24-11-4-2-3-5-12-24/h6-10,13H,2-5,11-12H2,1H3,(H,21,26). The molecule has 1 aliphatic rings. The SMILES string of the molecule is Cc1ccnc2nc(C(=O)Nc3cccc(S(=O)(=O)N4CCCCCC4)c3)nn12. The van der Waals surface area contributed by atoms with Crippen molar-refractivity contribution in [2.45, 2.75) is 37.5 Å². The van der Waals surface area contributed by atoms with Crippen LogP contribution in [-0.4, -0.2) is 51.3 Å². The molecule has 0 unspecified atom stereocenters. The van der Waals surface area contributed by atoms with Crippen LogP contribution in [0.4, 0.5) is 5.69 Å². The molecule has 0 atom stereocenters. The number of rotatable bonds is 4. The first kappa shape index (κ1) is 19.5. The summed E-state index contributed by atoms with van der Waals surface area (Å²) in [6.07, 6.45) is 5.41. The van der Waals surface area contributed by atoms with Gasteiger partial charge in [0.05, 0.1) is 4.90 Å². The lowest BCUT2D eigenvalue weighted by Crippen LogP contribution is -2.32. The van der Waals surface area contributed by atoms with Gasteiger partial charge in [-0.25, -0.2) is 17.9 Å². The van der Waals surface area contributed by atoms with Crippen LogP contribution in [0, 0.1) is 6.92 Å². The average Bonchev–Trinajstić information content (AvgIpc) is 2.96. The Kier molecular flexibility index (Phi) is 5.29. The van der Waals surface area contributed by atoms with Crippen molar-refractivity contribution in [1.82, 2.24) is 23.9 Å². The lowest BCUT2D eigenvalue weighted by molar-refractivity contribution is 0.101. The first-order chi connectivity index (χ1) is 13.9. The second kappa shape index (κ2) is 7.88. The molecule has 0 spiro atoms. The molecule has 1 aromatic carbocycles. The Bertz CT molecular complexity index is 1150. The lowest BCUT2D eigenvalue weighted by atomic mass is 10.2. The number of hydrogen-bond donors (Lipinski definition) is 1. The van der Waals surface area contributed by atoms with Crippen LogP contribution in [0.15, 0.2) is 41.4 Å². The van der Waals surface area contributed by atoms with Crippen molar-refractivity contribution >= 4 is 27.4 Å². The van der Waals surface area contributed by atoms with Gasteiger partial charge in [0.2, 0.25) is 15.8 Å². The third-order valence-electron chi connectivity index (χ3n) is 4.93. The van der Waals surface area contributed by atoms with Crippen LogP contribution >= 0.6 is 0 Å². The van der Waals surface area contributed by atoms with Crippen molar-refractivity contribution in [3.8, 4) is 0 Å². The first-order valence-corrected chi connectivity index (χ1v) is 11.0. The van der Waals surface area contributed by atoms with E-state index in [0.717, 1.165) is 31.4 Å². The summed E-state index contributed by atoms with van der Waals surface area (Å²) in [7, 11) is -3.60. The van der Waals surface area contributed by atoms with Gasteiger partial charge in [0.1, 0.15) is 0 Å². The van der Waals surface area contributed by atoms with E-state index in [-0.39, 0.29) is 10.7 Å². The number of nitrogens with zero attached hydrogens (tertiary/aromatic N) is 5. The summed E-state index contributed by atoms with van der Waals surface area (Å²) in [4.78, 5) is 20.9. The number of benzene rings is 1. The van der Waals surface area contributed by atoms with E-state index in [4.69, 9.17) is 0 Å². The quantitative estimate of drug-likeness (QED) is 0.701. The minimum atomic E-state index is -3.60. The van der Waals surface area contributed by atoms with Crippen LogP contribution in [0.25, 0.3) is 5.78 Å². The topological polar surface area (TPSA) is 110 Å². The van der Waals surface area contributed by atoms with Crippen LogP contribution < -0.4 is 5.32 Å². The summed E-state index contributed by atoms with van der Waals surface area (Å²) in [5.41, 5.74) is 1.17. The molecule has 10 heteroatoms. The Labute approximate surface area is 168 Å². The molecule has 3 heterocycles.